The quantitative estimate of drug-likeness (QED) is 0.414. The van der Waals surface area contributed by atoms with Gasteiger partial charge in [-0.15, -0.1) is 11.6 Å². The van der Waals surface area contributed by atoms with Crippen molar-refractivity contribution >= 4 is 29.4 Å². The van der Waals surface area contributed by atoms with E-state index in [9.17, 15) is 14.4 Å². The van der Waals surface area contributed by atoms with E-state index in [2.05, 4.69) is 5.32 Å². The molecule has 0 spiro atoms. The van der Waals surface area contributed by atoms with Gasteiger partial charge in [0.25, 0.3) is 5.91 Å². The molecule has 28 heavy (non-hydrogen) atoms. The smallest absolute Gasteiger partial charge is 0.303 e. The van der Waals surface area contributed by atoms with Crippen LogP contribution in [-0.4, -0.2) is 47.9 Å². The van der Waals surface area contributed by atoms with Crippen LogP contribution in [0.1, 0.15) is 32.8 Å². The highest BCUT2D eigenvalue weighted by molar-refractivity contribution is 6.27. The minimum Gasteiger partial charge on any atom is -0.460 e. The summed E-state index contributed by atoms with van der Waals surface area (Å²) in [7, 11) is 0. The maximum atomic E-state index is 12.1. The van der Waals surface area contributed by atoms with E-state index in [1.165, 1.54) is 13.8 Å². The highest BCUT2D eigenvalue weighted by Crippen LogP contribution is 2.33. The lowest BCUT2D eigenvalue weighted by molar-refractivity contribution is -0.351. The van der Waals surface area contributed by atoms with Gasteiger partial charge in [0.1, 0.15) is 12.0 Å². The second kappa shape index (κ2) is 9.86. The third-order valence-electron chi connectivity index (χ3n) is 4.11. The summed E-state index contributed by atoms with van der Waals surface area (Å²) < 4.78 is 22.5. The van der Waals surface area contributed by atoms with Crippen molar-refractivity contribution in [2.45, 2.75) is 58.0 Å². The molecule has 1 aromatic rings. The molecule has 0 radical (unpaired) electrons. The molecule has 0 aliphatic carbocycles. The van der Waals surface area contributed by atoms with E-state index < -0.39 is 42.1 Å². The highest BCUT2D eigenvalue weighted by Gasteiger charge is 2.53. The second-order valence-electron chi connectivity index (χ2n) is 6.43. The van der Waals surface area contributed by atoms with Crippen molar-refractivity contribution in [1.82, 2.24) is 5.32 Å². The van der Waals surface area contributed by atoms with Gasteiger partial charge in [0.2, 0.25) is 5.91 Å². The number of ether oxygens (including phenoxy) is 4. The van der Waals surface area contributed by atoms with Crippen LogP contribution in [0.25, 0.3) is 0 Å². The maximum Gasteiger partial charge on any atom is 0.303 e. The van der Waals surface area contributed by atoms with Crippen LogP contribution in [-0.2, 0) is 39.9 Å². The molecule has 2 rings (SSSR count). The van der Waals surface area contributed by atoms with Crippen LogP contribution in [0, 0.1) is 0 Å². The molecule has 154 valence electrons. The zero-order valence-corrected chi connectivity index (χ0v) is 16.7. The van der Waals surface area contributed by atoms with Gasteiger partial charge in [-0.3, -0.25) is 14.4 Å². The number of esters is 2. The molecule has 1 heterocycles. The zero-order chi connectivity index (χ0) is 20.7. The number of hydrogen-bond acceptors (Lipinski definition) is 7. The lowest BCUT2D eigenvalue weighted by Crippen LogP contribution is -2.67. The number of carbonyl (C=O) groups is 3. The molecule has 1 aromatic carbocycles. The van der Waals surface area contributed by atoms with E-state index in [1.807, 2.05) is 30.3 Å². The number of halogens is 1. The van der Waals surface area contributed by atoms with Crippen molar-refractivity contribution in [3.8, 4) is 0 Å². The Kier molecular flexibility index (Phi) is 7.79. The van der Waals surface area contributed by atoms with Crippen LogP contribution in [0.5, 0.6) is 0 Å². The first-order chi connectivity index (χ1) is 13.3. The largest absolute Gasteiger partial charge is 0.460 e. The third-order valence-corrected chi connectivity index (χ3v) is 4.35. The Balaban J connectivity index is 2.32. The minimum atomic E-state index is -1.77. The third kappa shape index (κ3) is 5.92. The van der Waals surface area contributed by atoms with Crippen molar-refractivity contribution in [2.75, 3.05) is 5.88 Å². The molecule has 1 saturated heterocycles. The van der Waals surface area contributed by atoms with Crippen LogP contribution < -0.4 is 5.32 Å². The average Bonchev–Trinajstić information content (AvgIpc) is 2.64. The van der Waals surface area contributed by atoms with E-state index in [1.54, 1.807) is 6.92 Å². The van der Waals surface area contributed by atoms with E-state index in [0.29, 0.717) is 0 Å². The Morgan fingerprint density at radius 1 is 1.18 bits per heavy atom. The number of alkyl halides is 1. The van der Waals surface area contributed by atoms with Gasteiger partial charge in [0.15, 0.2) is 6.10 Å². The van der Waals surface area contributed by atoms with Crippen LogP contribution in [0.15, 0.2) is 30.3 Å². The molecule has 0 saturated carbocycles. The first-order valence-electron chi connectivity index (χ1n) is 8.83. The number of benzene rings is 1. The van der Waals surface area contributed by atoms with Crippen molar-refractivity contribution in [3.63, 3.8) is 0 Å². The highest BCUT2D eigenvalue weighted by atomic mass is 35.5. The number of carbonyl (C=O) groups excluding carboxylic acids is 3. The predicted molar refractivity (Wildman–Crippen MR) is 99.1 cm³/mol. The molecule has 4 atom stereocenters. The summed E-state index contributed by atoms with van der Waals surface area (Å²) in [5, 5.41) is 2.58. The normalized spacial score (nSPS) is 26.9. The molecule has 0 unspecified atom stereocenters. The number of amides is 1. The molecule has 1 N–H and O–H groups in total. The molecule has 9 heteroatoms. The second-order valence-corrected chi connectivity index (χ2v) is 6.70. The molecule has 0 aromatic heterocycles. The Hall–Kier alpha value is -2.16. The first kappa shape index (κ1) is 22.1. The van der Waals surface area contributed by atoms with Crippen LogP contribution >= 0.6 is 11.6 Å². The Labute approximate surface area is 168 Å². The van der Waals surface area contributed by atoms with E-state index in [4.69, 9.17) is 30.5 Å². The van der Waals surface area contributed by atoms with Crippen LogP contribution in [0.3, 0.4) is 0 Å². The molecule has 1 amide bonds. The molecule has 1 aliphatic rings. The lowest BCUT2D eigenvalue weighted by atomic mass is 9.99. The van der Waals surface area contributed by atoms with Gasteiger partial charge < -0.3 is 24.3 Å². The van der Waals surface area contributed by atoms with Crippen molar-refractivity contribution in [2.24, 2.45) is 0 Å². The SMILES string of the molecule is CC(=O)O[C@H]1C[C@H](OC(C)=O)[C@@](NC(=O)CCl)(OCc2ccccc2)O[C@@H]1C. The number of nitrogens with one attached hydrogen (secondary N) is 1. The Bertz CT molecular complexity index is 699. The average molecular weight is 414 g/mol. The lowest BCUT2D eigenvalue weighted by Gasteiger charge is -2.46. The van der Waals surface area contributed by atoms with Crippen LogP contribution in [0.2, 0.25) is 0 Å². The van der Waals surface area contributed by atoms with Gasteiger partial charge in [-0.05, 0) is 12.5 Å². The predicted octanol–water partition coefficient (Wildman–Crippen LogP) is 1.88. The summed E-state index contributed by atoms with van der Waals surface area (Å²) in [5.41, 5.74) is 0.821. The molecule has 8 nitrogen and oxygen atoms in total. The summed E-state index contributed by atoms with van der Waals surface area (Å²) in [5.74, 6) is -3.77. The molecule has 1 fully saturated rings. The van der Waals surface area contributed by atoms with E-state index in [0.717, 1.165) is 5.56 Å². The minimum absolute atomic E-state index is 0.0755. The fraction of sp³-hybridized carbons (Fsp3) is 0.526. The Morgan fingerprint density at radius 3 is 2.39 bits per heavy atom. The summed E-state index contributed by atoms with van der Waals surface area (Å²) in [6.07, 6.45) is -2.29. The van der Waals surface area contributed by atoms with Crippen molar-refractivity contribution in [1.29, 1.82) is 0 Å². The number of rotatable bonds is 7. The molecule has 0 bridgehead atoms. The molecule has 1 aliphatic heterocycles. The summed E-state index contributed by atoms with van der Waals surface area (Å²) in [6, 6.07) is 9.22. The van der Waals surface area contributed by atoms with E-state index in [-0.39, 0.29) is 18.9 Å². The van der Waals surface area contributed by atoms with Crippen molar-refractivity contribution < 1.29 is 33.3 Å². The summed E-state index contributed by atoms with van der Waals surface area (Å²) in [4.78, 5) is 35.1. The van der Waals surface area contributed by atoms with Gasteiger partial charge in [0, 0.05) is 20.3 Å². The van der Waals surface area contributed by atoms with Gasteiger partial charge >= 0.3 is 11.9 Å². The standard InChI is InChI=1S/C19H24ClNO7/c1-12-16(26-13(2)22)9-17(27-14(3)23)19(28-12,21-18(24)10-20)25-11-15-7-5-4-6-8-15/h4-8,12,16-17H,9-11H2,1-3H3,(H,21,24)/t12-,16+,17+,19-/m1/s1. The van der Waals surface area contributed by atoms with Gasteiger partial charge in [-0.1, -0.05) is 30.3 Å². The fourth-order valence-electron chi connectivity index (χ4n) is 2.93. The Morgan fingerprint density at radius 2 is 1.82 bits per heavy atom. The monoisotopic (exact) mass is 413 g/mol. The van der Waals surface area contributed by atoms with Gasteiger partial charge in [-0.2, -0.15) is 0 Å². The summed E-state index contributed by atoms with van der Waals surface area (Å²) >= 11 is 5.64. The molecular weight excluding hydrogens is 390 g/mol. The summed E-state index contributed by atoms with van der Waals surface area (Å²) in [6.45, 7) is 4.25. The van der Waals surface area contributed by atoms with Crippen molar-refractivity contribution in [3.05, 3.63) is 35.9 Å². The maximum absolute atomic E-state index is 12.1. The van der Waals surface area contributed by atoms with E-state index >= 15 is 0 Å². The topological polar surface area (TPSA) is 100 Å². The van der Waals surface area contributed by atoms with Crippen LogP contribution in [0.4, 0.5) is 0 Å². The zero-order valence-electron chi connectivity index (χ0n) is 16.0. The molecular formula is C19H24ClNO7. The van der Waals surface area contributed by atoms with Gasteiger partial charge in [0.05, 0.1) is 12.7 Å². The fourth-order valence-corrected chi connectivity index (χ4v) is 3.00. The number of hydrogen-bond donors (Lipinski definition) is 1. The first-order valence-corrected chi connectivity index (χ1v) is 9.36. The van der Waals surface area contributed by atoms with Gasteiger partial charge in [-0.25, -0.2) is 0 Å².